The van der Waals surface area contributed by atoms with Crippen LogP contribution in [0.25, 0.3) is 0 Å². The number of carbonyl (C=O) groups is 2. The van der Waals surface area contributed by atoms with Gasteiger partial charge in [-0.05, 0) is 18.6 Å². The lowest BCUT2D eigenvalue weighted by Gasteiger charge is -2.15. The summed E-state index contributed by atoms with van der Waals surface area (Å²) in [6, 6.07) is 9.45. The summed E-state index contributed by atoms with van der Waals surface area (Å²) in [6.45, 7) is 4.13. The van der Waals surface area contributed by atoms with Crippen LogP contribution in [0, 0.1) is 11.8 Å². The number of hydrogen-bond acceptors (Lipinski definition) is 3. The van der Waals surface area contributed by atoms with E-state index in [0.717, 1.165) is 5.75 Å². The molecule has 0 radical (unpaired) electrons. The maximum absolute atomic E-state index is 11.7. The second-order valence-corrected chi connectivity index (χ2v) is 4.72. The molecule has 5 heteroatoms. The number of benzene rings is 1. The number of carbonyl (C=O) groups excluding carboxylic acids is 1. The van der Waals surface area contributed by atoms with Crippen LogP contribution in [0.1, 0.15) is 20.3 Å². The molecule has 0 aliphatic carbocycles. The van der Waals surface area contributed by atoms with Gasteiger partial charge >= 0.3 is 5.97 Å². The maximum Gasteiger partial charge on any atom is 0.307 e. The lowest BCUT2D eigenvalue weighted by molar-refractivity contribution is -0.146. The van der Waals surface area contributed by atoms with Crippen LogP contribution in [0.15, 0.2) is 30.3 Å². The minimum atomic E-state index is -0.958. The zero-order valence-corrected chi connectivity index (χ0v) is 11.8. The largest absolute Gasteiger partial charge is 0.494 e. The highest BCUT2D eigenvalue weighted by Gasteiger charge is 2.25. The van der Waals surface area contributed by atoms with Crippen LogP contribution < -0.4 is 10.1 Å². The van der Waals surface area contributed by atoms with Crippen LogP contribution in [-0.4, -0.2) is 30.1 Å². The smallest absolute Gasteiger partial charge is 0.307 e. The van der Waals surface area contributed by atoms with Crippen molar-refractivity contribution in [3.8, 4) is 5.75 Å². The van der Waals surface area contributed by atoms with Crippen LogP contribution in [-0.2, 0) is 9.59 Å². The first-order chi connectivity index (χ1) is 9.52. The highest BCUT2D eigenvalue weighted by molar-refractivity contribution is 5.84. The second-order valence-electron chi connectivity index (χ2n) is 4.72. The third-order valence-electron chi connectivity index (χ3n) is 3.19. The van der Waals surface area contributed by atoms with E-state index in [1.165, 1.54) is 6.92 Å². The number of carboxylic acids is 1. The fraction of sp³-hybridized carbons (Fsp3) is 0.467. The fourth-order valence-electron chi connectivity index (χ4n) is 1.59. The highest BCUT2D eigenvalue weighted by atomic mass is 16.5. The molecule has 110 valence electrons. The molecule has 0 aliphatic rings. The number of nitrogens with one attached hydrogen (secondary N) is 1. The molecule has 2 N–H and O–H groups in total. The minimum absolute atomic E-state index is 0.236. The Kier molecular flexibility index (Phi) is 6.56. The van der Waals surface area contributed by atoms with Gasteiger partial charge in [0.05, 0.1) is 12.5 Å². The van der Waals surface area contributed by atoms with Crippen LogP contribution >= 0.6 is 0 Å². The number of amides is 1. The summed E-state index contributed by atoms with van der Waals surface area (Å²) < 4.78 is 5.49. The Hall–Kier alpha value is -2.04. The van der Waals surface area contributed by atoms with Crippen molar-refractivity contribution >= 4 is 11.9 Å². The van der Waals surface area contributed by atoms with E-state index in [-0.39, 0.29) is 5.91 Å². The molecule has 1 amide bonds. The topological polar surface area (TPSA) is 75.6 Å². The van der Waals surface area contributed by atoms with Crippen molar-refractivity contribution in [2.45, 2.75) is 20.3 Å². The average molecular weight is 279 g/mol. The third kappa shape index (κ3) is 5.30. The first kappa shape index (κ1) is 16.0. The molecule has 20 heavy (non-hydrogen) atoms. The van der Waals surface area contributed by atoms with Gasteiger partial charge in [-0.2, -0.15) is 0 Å². The second kappa shape index (κ2) is 8.19. The van der Waals surface area contributed by atoms with Gasteiger partial charge in [0.1, 0.15) is 5.75 Å². The van der Waals surface area contributed by atoms with Crippen LogP contribution in [0.2, 0.25) is 0 Å². The molecule has 1 aromatic rings. The predicted molar refractivity (Wildman–Crippen MR) is 75.5 cm³/mol. The number of aliphatic carboxylic acids is 1. The molecule has 0 aliphatic heterocycles. The van der Waals surface area contributed by atoms with Gasteiger partial charge in [-0.1, -0.05) is 32.0 Å². The van der Waals surface area contributed by atoms with Crippen molar-refractivity contribution in [1.29, 1.82) is 0 Å². The molecule has 0 spiro atoms. The molecule has 5 nitrogen and oxygen atoms in total. The Morgan fingerprint density at radius 3 is 2.45 bits per heavy atom. The van der Waals surface area contributed by atoms with E-state index in [1.807, 2.05) is 30.3 Å². The summed E-state index contributed by atoms with van der Waals surface area (Å²) in [5.74, 6) is -1.62. The van der Waals surface area contributed by atoms with Gasteiger partial charge in [-0.25, -0.2) is 0 Å². The minimum Gasteiger partial charge on any atom is -0.494 e. The van der Waals surface area contributed by atoms with Crippen molar-refractivity contribution < 1.29 is 19.4 Å². The number of carboxylic acid groups (broad SMARTS) is 1. The lowest BCUT2D eigenvalue weighted by Crippen LogP contribution is -2.36. The van der Waals surface area contributed by atoms with Crippen molar-refractivity contribution in [3.05, 3.63) is 30.3 Å². The van der Waals surface area contributed by atoms with E-state index in [0.29, 0.717) is 19.6 Å². The van der Waals surface area contributed by atoms with Gasteiger partial charge in [0.15, 0.2) is 0 Å². The van der Waals surface area contributed by atoms with Gasteiger partial charge in [0.2, 0.25) is 5.91 Å². The Balaban J connectivity index is 2.18. The molecule has 1 aromatic carbocycles. The molecule has 0 aromatic heterocycles. The van der Waals surface area contributed by atoms with E-state index in [9.17, 15) is 9.59 Å². The molecule has 1 rings (SSSR count). The maximum atomic E-state index is 11.7. The van der Waals surface area contributed by atoms with Crippen LogP contribution in [0.4, 0.5) is 0 Å². The van der Waals surface area contributed by atoms with Gasteiger partial charge in [-0.15, -0.1) is 0 Å². The molecule has 2 unspecified atom stereocenters. The van der Waals surface area contributed by atoms with Crippen molar-refractivity contribution in [2.75, 3.05) is 13.2 Å². The molecular formula is C15H21NO4. The van der Waals surface area contributed by atoms with Gasteiger partial charge in [-0.3, -0.25) is 9.59 Å². The SMILES string of the molecule is CC(C(=O)O)C(C)C(=O)NCCCOc1ccccc1. The van der Waals surface area contributed by atoms with Gasteiger partial charge < -0.3 is 15.2 Å². The normalized spacial score (nSPS) is 13.3. The molecule has 0 fully saturated rings. The van der Waals surface area contributed by atoms with Crippen LogP contribution in [0.3, 0.4) is 0 Å². The number of rotatable bonds is 8. The Bertz CT molecular complexity index is 433. The molecule has 0 heterocycles. The predicted octanol–water partition coefficient (Wildman–Crippen LogP) is 1.93. The zero-order valence-electron chi connectivity index (χ0n) is 11.8. The highest BCUT2D eigenvalue weighted by Crippen LogP contribution is 2.11. The fourth-order valence-corrected chi connectivity index (χ4v) is 1.59. The lowest BCUT2D eigenvalue weighted by atomic mass is 9.95. The standard InChI is InChI=1S/C15H21NO4/c1-11(12(2)15(18)19)14(17)16-9-6-10-20-13-7-4-3-5-8-13/h3-5,7-8,11-12H,6,9-10H2,1-2H3,(H,16,17)(H,18,19). The first-order valence-electron chi connectivity index (χ1n) is 6.70. The third-order valence-corrected chi connectivity index (χ3v) is 3.19. The first-order valence-corrected chi connectivity index (χ1v) is 6.70. The zero-order chi connectivity index (χ0) is 15.0. The summed E-state index contributed by atoms with van der Waals surface area (Å²) in [5.41, 5.74) is 0. The van der Waals surface area contributed by atoms with E-state index in [4.69, 9.17) is 9.84 Å². The van der Waals surface area contributed by atoms with Crippen molar-refractivity contribution in [1.82, 2.24) is 5.32 Å². The van der Waals surface area contributed by atoms with E-state index < -0.39 is 17.8 Å². The number of para-hydroxylation sites is 1. The molecule has 0 saturated heterocycles. The summed E-state index contributed by atoms with van der Waals surface area (Å²) in [5, 5.41) is 11.6. The Morgan fingerprint density at radius 1 is 1.20 bits per heavy atom. The van der Waals surface area contributed by atoms with Crippen molar-refractivity contribution in [2.24, 2.45) is 11.8 Å². The average Bonchev–Trinajstić information content (AvgIpc) is 2.46. The monoisotopic (exact) mass is 279 g/mol. The molecular weight excluding hydrogens is 258 g/mol. The van der Waals surface area contributed by atoms with E-state index >= 15 is 0 Å². The molecule has 2 atom stereocenters. The van der Waals surface area contributed by atoms with Gasteiger partial charge in [0, 0.05) is 12.5 Å². The summed E-state index contributed by atoms with van der Waals surface area (Å²) in [6.07, 6.45) is 0.675. The number of hydrogen-bond donors (Lipinski definition) is 2. The Labute approximate surface area is 118 Å². The summed E-state index contributed by atoms with van der Waals surface area (Å²) >= 11 is 0. The quantitative estimate of drug-likeness (QED) is 0.713. The molecule has 0 saturated carbocycles. The number of ether oxygens (including phenoxy) is 1. The van der Waals surface area contributed by atoms with E-state index in [2.05, 4.69) is 5.32 Å². The molecule has 0 bridgehead atoms. The van der Waals surface area contributed by atoms with E-state index in [1.54, 1.807) is 6.92 Å². The van der Waals surface area contributed by atoms with Gasteiger partial charge in [0.25, 0.3) is 0 Å². The van der Waals surface area contributed by atoms with Crippen molar-refractivity contribution in [3.63, 3.8) is 0 Å². The summed E-state index contributed by atoms with van der Waals surface area (Å²) in [7, 11) is 0. The Morgan fingerprint density at radius 2 is 1.85 bits per heavy atom. The summed E-state index contributed by atoms with van der Waals surface area (Å²) in [4.78, 5) is 22.5. The van der Waals surface area contributed by atoms with Crippen LogP contribution in [0.5, 0.6) is 5.75 Å².